The third kappa shape index (κ3) is 4.13. The third-order valence-electron chi connectivity index (χ3n) is 2.98. The number of sulfonamides is 1. The molecule has 0 aliphatic heterocycles. The van der Waals surface area contributed by atoms with E-state index in [9.17, 15) is 13.2 Å². The maximum absolute atomic E-state index is 12.1. The first kappa shape index (κ1) is 15.7. The summed E-state index contributed by atoms with van der Waals surface area (Å²) in [6.07, 6.45) is -0.123. The second kappa shape index (κ2) is 6.38. The van der Waals surface area contributed by atoms with E-state index < -0.39 is 16.0 Å². The van der Waals surface area contributed by atoms with Crippen molar-refractivity contribution in [1.29, 1.82) is 0 Å². The highest BCUT2D eigenvalue weighted by Gasteiger charge is 2.14. The number of aliphatic carboxylic acids is 1. The number of carbonyl (C=O) groups is 1. The molecule has 0 saturated carbocycles. The summed E-state index contributed by atoms with van der Waals surface area (Å²) in [6, 6.07) is 7.80. The Kier molecular flexibility index (Phi) is 4.76. The van der Waals surface area contributed by atoms with Crippen molar-refractivity contribution >= 4 is 27.3 Å². The van der Waals surface area contributed by atoms with E-state index in [1.54, 1.807) is 0 Å². The van der Waals surface area contributed by atoms with Crippen LogP contribution in [0.25, 0.3) is 0 Å². The smallest absolute Gasteiger partial charge is 0.307 e. The average Bonchev–Trinajstić information content (AvgIpc) is 2.82. The molecule has 1 aromatic carbocycles. The van der Waals surface area contributed by atoms with Gasteiger partial charge in [0.15, 0.2) is 0 Å². The summed E-state index contributed by atoms with van der Waals surface area (Å²) in [7, 11) is -3.59. The molecule has 2 N–H and O–H groups in total. The molecule has 0 radical (unpaired) electrons. The molecule has 0 fully saturated rings. The van der Waals surface area contributed by atoms with Crippen LogP contribution in [-0.4, -0.2) is 19.5 Å². The lowest BCUT2D eigenvalue weighted by atomic mass is 10.2. The van der Waals surface area contributed by atoms with Crippen LogP contribution in [0.1, 0.15) is 16.0 Å². The number of carboxylic acids is 1. The van der Waals surface area contributed by atoms with E-state index in [-0.39, 0.29) is 17.9 Å². The van der Waals surface area contributed by atoms with E-state index in [2.05, 4.69) is 4.72 Å². The zero-order valence-corrected chi connectivity index (χ0v) is 13.0. The maximum atomic E-state index is 12.1. The largest absolute Gasteiger partial charge is 0.481 e. The van der Waals surface area contributed by atoms with Crippen LogP contribution in [0.5, 0.6) is 0 Å². The normalized spacial score (nSPS) is 11.5. The monoisotopic (exact) mass is 325 g/mol. The zero-order chi connectivity index (χ0) is 15.5. The van der Waals surface area contributed by atoms with Gasteiger partial charge in [-0.2, -0.15) is 0 Å². The van der Waals surface area contributed by atoms with Gasteiger partial charge >= 0.3 is 5.97 Å². The first-order chi connectivity index (χ1) is 9.88. The highest BCUT2D eigenvalue weighted by molar-refractivity contribution is 7.89. The van der Waals surface area contributed by atoms with Crippen molar-refractivity contribution in [3.05, 3.63) is 51.7 Å². The molecule has 5 nitrogen and oxygen atoms in total. The van der Waals surface area contributed by atoms with Gasteiger partial charge in [0.2, 0.25) is 10.0 Å². The van der Waals surface area contributed by atoms with Gasteiger partial charge in [-0.25, -0.2) is 13.1 Å². The maximum Gasteiger partial charge on any atom is 0.307 e. The summed E-state index contributed by atoms with van der Waals surface area (Å²) in [5, 5.41) is 10.6. The second-order valence-corrected chi connectivity index (χ2v) is 7.33. The summed E-state index contributed by atoms with van der Waals surface area (Å²) in [6.45, 7) is 2.18. The molecule has 0 aliphatic rings. The van der Waals surface area contributed by atoms with Crippen molar-refractivity contribution in [3.63, 3.8) is 0 Å². The molecule has 2 rings (SSSR count). The third-order valence-corrected chi connectivity index (χ3v) is 5.42. The fourth-order valence-electron chi connectivity index (χ4n) is 1.79. The first-order valence-corrected chi connectivity index (χ1v) is 8.58. The number of nitrogens with one attached hydrogen (secondary N) is 1. The molecular formula is C14H15NO4S2. The van der Waals surface area contributed by atoms with Crippen molar-refractivity contribution in [1.82, 2.24) is 4.72 Å². The Morgan fingerprint density at radius 1 is 1.24 bits per heavy atom. The van der Waals surface area contributed by atoms with Crippen molar-refractivity contribution in [2.45, 2.75) is 24.8 Å². The fourth-order valence-corrected chi connectivity index (χ4v) is 3.72. The number of hydrogen-bond acceptors (Lipinski definition) is 4. The molecule has 2 aromatic rings. The number of carboxylic acid groups (broad SMARTS) is 1. The van der Waals surface area contributed by atoms with Gasteiger partial charge in [-0.1, -0.05) is 12.1 Å². The molecule has 7 heteroatoms. The Hall–Kier alpha value is -1.70. The Morgan fingerprint density at radius 3 is 2.43 bits per heavy atom. The standard InChI is InChI=1S/C14H15NO4S2/c1-10-6-7-20-13(10)9-15-21(18,19)12-4-2-11(3-5-12)8-14(16)17/h2-7,15H,8-9H2,1H3,(H,16,17). The molecule has 0 amide bonds. The van der Waals surface area contributed by atoms with Crippen LogP contribution in [0.2, 0.25) is 0 Å². The molecule has 0 saturated heterocycles. The quantitative estimate of drug-likeness (QED) is 0.852. The lowest BCUT2D eigenvalue weighted by molar-refractivity contribution is -0.136. The minimum Gasteiger partial charge on any atom is -0.481 e. The number of rotatable bonds is 6. The minimum atomic E-state index is -3.59. The van der Waals surface area contributed by atoms with Crippen LogP contribution in [0.4, 0.5) is 0 Å². The molecule has 0 spiro atoms. The van der Waals surface area contributed by atoms with Gasteiger partial charge in [0.1, 0.15) is 0 Å². The zero-order valence-electron chi connectivity index (χ0n) is 11.4. The Morgan fingerprint density at radius 2 is 1.90 bits per heavy atom. The van der Waals surface area contributed by atoms with Gasteiger partial charge < -0.3 is 5.11 Å². The van der Waals surface area contributed by atoms with E-state index in [4.69, 9.17) is 5.11 Å². The van der Waals surface area contributed by atoms with Crippen molar-refractivity contribution < 1.29 is 18.3 Å². The molecule has 0 atom stereocenters. The molecular weight excluding hydrogens is 310 g/mol. The van der Waals surface area contributed by atoms with Crippen LogP contribution in [0.15, 0.2) is 40.6 Å². The molecule has 21 heavy (non-hydrogen) atoms. The van der Waals surface area contributed by atoms with Crippen molar-refractivity contribution in [2.24, 2.45) is 0 Å². The molecule has 1 heterocycles. The summed E-state index contributed by atoms with van der Waals surface area (Å²) in [4.78, 5) is 11.7. The molecule has 0 aliphatic carbocycles. The SMILES string of the molecule is Cc1ccsc1CNS(=O)(=O)c1ccc(CC(=O)O)cc1. The molecule has 0 bridgehead atoms. The summed E-state index contributed by atoms with van der Waals surface area (Å²) in [5.41, 5.74) is 1.62. The number of hydrogen-bond donors (Lipinski definition) is 2. The van der Waals surface area contributed by atoms with Crippen molar-refractivity contribution in [2.75, 3.05) is 0 Å². The number of thiophene rings is 1. The van der Waals surface area contributed by atoms with Gasteiger partial charge in [0, 0.05) is 11.4 Å². The lowest BCUT2D eigenvalue weighted by Gasteiger charge is -2.07. The number of benzene rings is 1. The molecule has 112 valence electrons. The van der Waals surface area contributed by atoms with E-state index in [1.165, 1.54) is 35.6 Å². The molecule has 1 aromatic heterocycles. The highest BCUT2D eigenvalue weighted by atomic mass is 32.2. The molecule has 0 unspecified atom stereocenters. The van der Waals surface area contributed by atoms with Gasteiger partial charge in [-0.15, -0.1) is 11.3 Å². The van der Waals surface area contributed by atoms with E-state index in [0.717, 1.165) is 10.4 Å². The van der Waals surface area contributed by atoms with E-state index >= 15 is 0 Å². The van der Waals surface area contributed by atoms with Crippen LogP contribution in [0, 0.1) is 6.92 Å². The van der Waals surface area contributed by atoms with E-state index in [1.807, 2.05) is 18.4 Å². The fraction of sp³-hybridized carbons (Fsp3) is 0.214. The summed E-state index contributed by atoms with van der Waals surface area (Å²) >= 11 is 1.50. The van der Waals surface area contributed by atoms with Gasteiger partial charge in [-0.3, -0.25) is 4.79 Å². The van der Waals surface area contributed by atoms with Crippen LogP contribution >= 0.6 is 11.3 Å². The van der Waals surface area contributed by atoms with E-state index in [0.29, 0.717) is 5.56 Å². The highest BCUT2D eigenvalue weighted by Crippen LogP contribution is 2.17. The Bertz CT molecular complexity index is 733. The van der Waals surface area contributed by atoms with Crippen LogP contribution in [-0.2, 0) is 27.8 Å². The van der Waals surface area contributed by atoms with Gasteiger partial charge in [-0.05, 0) is 41.6 Å². The predicted octanol–water partition coefficient (Wildman–Crippen LogP) is 2.16. The van der Waals surface area contributed by atoms with Crippen molar-refractivity contribution in [3.8, 4) is 0 Å². The second-order valence-electron chi connectivity index (χ2n) is 4.57. The first-order valence-electron chi connectivity index (χ1n) is 6.22. The average molecular weight is 325 g/mol. The minimum absolute atomic E-state index is 0.123. The van der Waals surface area contributed by atoms with Crippen LogP contribution < -0.4 is 4.72 Å². The number of aryl methyl sites for hydroxylation is 1. The van der Waals surface area contributed by atoms with Gasteiger partial charge in [0.25, 0.3) is 0 Å². The summed E-state index contributed by atoms with van der Waals surface area (Å²) < 4.78 is 26.8. The summed E-state index contributed by atoms with van der Waals surface area (Å²) in [5.74, 6) is -0.947. The topological polar surface area (TPSA) is 83.5 Å². The Balaban J connectivity index is 2.08. The lowest BCUT2D eigenvalue weighted by Crippen LogP contribution is -2.23. The van der Waals surface area contributed by atoms with Crippen LogP contribution in [0.3, 0.4) is 0 Å². The Labute approximate surface area is 127 Å². The predicted molar refractivity (Wildman–Crippen MR) is 80.9 cm³/mol. The van der Waals surface area contributed by atoms with Gasteiger partial charge in [0.05, 0.1) is 11.3 Å².